The van der Waals surface area contributed by atoms with E-state index in [1.807, 2.05) is 53.4 Å². The van der Waals surface area contributed by atoms with Gasteiger partial charge in [0, 0.05) is 25.6 Å². The largest absolute Gasteiger partial charge is 0.352 e. The number of nitrogens with one attached hydrogen (secondary N) is 1. The zero-order chi connectivity index (χ0) is 26.9. The third-order valence-electron chi connectivity index (χ3n) is 6.65. The number of amides is 2. The van der Waals surface area contributed by atoms with Crippen molar-refractivity contribution in [2.24, 2.45) is 0 Å². The summed E-state index contributed by atoms with van der Waals surface area (Å²) < 4.78 is 2.07. The maximum absolute atomic E-state index is 13.5. The Morgan fingerprint density at radius 3 is 2.39 bits per heavy atom. The van der Waals surface area contributed by atoms with Crippen LogP contribution in [0.2, 0.25) is 5.02 Å². The topological polar surface area (TPSA) is 67.2 Å². The zero-order valence-electron chi connectivity index (χ0n) is 22.1. The highest BCUT2D eigenvalue weighted by atomic mass is 35.5. The lowest BCUT2D eigenvalue weighted by Crippen LogP contribution is -2.38. The van der Waals surface area contributed by atoms with Gasteiger partial charge in [0.05, 0.1) is 21.6 Å². The Hall–Kier alpha value is -3.64. The van der Waals surface area contributed by atoms with Crippen molar-refractivity contribution in [3.63, 3.8) is 0 Å². The summed E-state index contributed by atoms with van der Waals surface area (Å²) >= 11 is 6.11. The van der Waals surface area contributed by atoms with Gasteiger partial charge in [-0.25, -0.2) is 4.98 Å². The van der Waals surface area contributed by atoms with E-state index >= 15 is 0 Å². The highest BCUT2D eigenvalue weighted by Gasteiger charge is 2.20. The van der Waals surface area contributed by atoms with Crippen molar-refractivity contribution in [2.75, 3.05) is 6.54 Å². The first kappa shape index (κ1) is 27.4. The Balaban J connectivity index is 1.36. The number of imidazole rings is 1. The monoisotopic (exact) mass is 530 g/mol. The molecule has 0 aliphatic carbocycles. The van der Waals surface area contributed by atoms with Crippen LogP contribution in [-0.2, 0) is 24.3 Å². The molecule has 6 nitrogen and oxygen atoms in total. The summed E-state index contributed by atoms with van der Waals surface area (Å²) in [6.45, 7) is 5.53. The maximum Gasteiger partial charge on any atom is 0.252 e. The van der Waals surface area contributed by atoms with Crippen LogP contribution in [0.15, 0.2) is 78.9 Å². The fourth-order valence-electron chi connectivity index (χ4n) is 4.58. The third kappa shape index (κ3) is 7.01. The van der Waals surface area contributed by atoms with E-state index in [0.717, 1.165) is 48.1 Å². The first-order valence-electron chi connectivity index (χ1n) is 13.2. The molecule has 4 aromatic rings. The quantitative estimate of drug-likeness (QED) is 0.219. The van der Waals surface area contributed by atoms with Crippen molar-refractivity contribution in [3.8, 4) is 0 Å². The molecule has 1 N–H and O–H groups in total. The van der Waals surface area contributed by atoms with Gasteiger partial charge in [-0.15, -0.1) is 0 Å². The highest BCUT2D eigenvalue weighted by Crippen LogP contribution is 2.20. The third-order valence-corrected chi connectivity index (χ3v) is 6.98. The van der Waals surface area contributed by atoms with Crippen molar-refractivity contribution in [3.05, 3.63) is 101 Å². The number of carbonyl (C=O) groups is 2. The molecule has 0 saturated carbocycles. The van der Waals surface area contributed by atoms with E-state index in [4.69, 9.17) is 16.6 Å². The van der Waals surface area contributed by atoms with Crippen molar-refractivity contribution in [2.45, 2.75) is 58.7 Å². The molecule has 0 aliphatic heterocycles. The van der Waals surface area contributed by atoms with E-state index < -0.39 is 0 Å². The Morgan fingerprint density at radius 2 is 1.63 bits per heavy atom. The molecule has 0 bridgehead atoms. The van der Waals surface area contributed by atoms with E-state index in [1.54, 1.807) is 18.2 Å². The predicted octanol–water partition coefficient (Wildman–Crippen LogP) is 6.27. The molecule has 1 aromatic heterocycles. The second-order valence-electron chi connectivity index (χ2n) is 9.75. The van der Waals surface area contributed by atoms with Crippen LogP contribution < -0.4 is 5.32 Å². The Labute approximate surface area is 229 Å². The second-order valence-corrected chi connectivity index (χ2v) is 10.2. The number of aromatic nitrogens is 2. The van der Waals surface area contributed by atoms with Crippen molar-refractivity contribution >= 4 is 34.4 Å². The minimum atomic E-state index is -0.152. The number of unbranched alkanes of at least 4 members (excludes halogenated alkanes) is 2. The number of benzene rings is 3. The fourth-order valence-corrected chi connectivity index (χ4v) is 4.81. The summed E-state index contributed by atoms with van der Waals surface area (Å²) in [6, 6.07) is 25.2. The molecule has 3 aromatic carbocycles. The van der Waals surface area contributed by atoms with Gasteiger partial charge in [0.1, 0.15) is 12.4 Å². The summed E-state index contributed by atoms with van der Waals surface area (Å²) in [5.74, 6) is 0.847. The molecule has 2 amide bonds. The average Bonchev–Trinajstić information content (AvgIpc) is 3.26. The van der Waals surface area contributed by atoms with E-state index in [2.05, 4.69) is 35.9 Å². The summed E-state index contributed by atoms with van der Waals surface area (Å²) in [4.78, 5) is 32.6. The SMILES string of the molecule is CC(C)N(Cc1ccccc1)C(=O)Cn1c(CCCCCNC(=O)c2ccccc2Cl)nc2ccccc21. The number of aryl methyl sites for hydroxylation is 1. The zero-order valence-corrected chi connectivity index (χ0v) is 22.8. The first-order chi connectivity index (χ1) is 18.4. The van der Waals surface area contributed by atoms with E-state index in [1.165, 1.54) is 0 Å². The standard InChI is InChI=1S/C31H35ClN4O2/c1-23(2)35(21-24-13-5-3-6-14-24)30(37)22-36-28-18-11-10-17-27(28)34-29(36)19-7-4-12-20-33-31(38)25-15-8-9-16-26(25)32/h3,5-6,8-11,13-18,23H,4,7,12,19-22H2,1-2H3,(H,33,38). The minimum absolute atomic E-state index is 0.0792. The molecule has 0 spiro atoms. The first-order valence-corrected chi connectivity index (χ1v) is 13.6. The van der Waals surface area contributed by atoms with Crippen molar-refractivity contribution in [1.29, 1.82) is 0 Å². The fraction of sp³-hybridized carbons (Fsp3) is 0.323. The molecule has 7 heteroatoms. The van der Waals surface area contributed by atoms with Gasteiger partial charge in [-0.3, -0.25) is 9.59 Å². The molecule has 0 radical (unpaired) electrons. The van der Waals surface area contributed by atoms with Gasteiger partial charge >= 0.3 is 0 Å². The van der Waals surface area contributed by atoms with Crippen LogP contribution in [0.5, 0.6) is 0 Å². The summed E-state index contributed by atoms with van der Waals surface area (Å²) in [5.41, 5.74) is 3.50. The molecule has 4 rings (SSSR count). The van der Waals surface area contributed by atoms with Gasteiger partial charge < -0.3 is 14.8 Å². The van der Waals surface area contributed by atoms with Gasteiger partial charge in [-0.05, 0) is 56.5 Å². The van der Waals surface area contributed by atoms with Crippen LogP contribution in [0.3, 0.4) is 0 Å². The average molecular weight is 531 g/mol. The number of halogens is 1. The van der Waals surface area contributed by atoms with Crippen LogP contribution in [-0.4, -0.2) is 38.9 Å². The van der Waals surface area contributed by atoms with Gasteiger partial charge in [-0.1, -0.05) is 72.6 Å². The maximum atomic E-state index is 13.5. The summed E-state index contributed by atoms with van der Waals surface area (Å²) in [7, 11) is 0. The van der Waals surface area contributed by atoms with Crippen LogP contribution in [0.1, 0.15) is 54.9 Å². The highest BCUT2D eigenvalue weighted by molar-refractivity contribution is 6.33. The Kier molecular flexibility index (Phi) is 9.55. The lowest BCUT2D eigenvalue weighted by molar-refractivity contribution is -0.134. The molecule has 0 saturated heterocycles. The number of para-hydroxylation sites is 2. The van der Waals surface area contributed by atoms with Crippen LogP contribution in [0, 0.1) is 0 Å². The summed E-state index contributed by atoms with van der Waals surface area (Å²) in [6.07, 6.45) is 3.47. The van der Waals surface area contributed by atoms with E-state index in [9.17, 15) is 9.59 Å². The lowest BCUT2D eigenvalue weighted by atomic mass is 10.1. The normalized spacial score (nSPS) is 11.2. The van der Waals surface area contributed by atoms with Gasteiger partial charge in [-0.2, -0.15) is 0 Å². The van der Waals surface area contributed by atoms with Gasteiger partial charge in [0.25, 0.3) is 5.91 Å². The minimum Gasteiger partial charge on any atom is -0.352 e. The molecular formula is C31H35ClN4O2. The number of hydrogen-bond acceptors (Lipinski definition) is 3. The number of rotatable bonds is 12. The Bertz CT molecular complexity index is 1370. The predicted molar refractivity (Wildman–Crippen MR) is 153 cm³/mol. The smallest absolute Gasteiger partial charge is 0.252 e. The van der Waals surface area contributed by atoms with Crippen molar-refractivity contribution in [1.82, 2.24) is 19.8 Å². The molecule has 0 unspecified atom stereocenters. The van der Waals surface area contributed by atoms with E-state index in [-0.39, 0.29) is 24.4 Å². The Morgan fingerprint density at radius 1 is 0.921 bits per heavy atom. The van der Waals surface area contributed by atoms with Crippen LogP contribution in [0.25, 0.3) is 11.0 Å². The van der Waals surface area contributed by atoms with Crippen LogP contribution >= 0.6 is 11.6 Å². The molecule has 38 heavy (non-hydrogen) atoms. The van der Waals surface area contributed by atoms with Gasteiger partial charge in [0.2, 0.25) is 5.91 Å². The summed E-state index contributed by atoms with van der Waals surface area (Å²) in [5, 5.41) is 3.40. The molecule has 1 heterocycles. The van der Waals surface area contributed by atoms with E-state index in [0.29, 0.717) is 23.7 Å². The lowest BCUT2D eigenvalue weighted by Gasteiger charge is -2.27. The van der Waals surface area contributed by atoms with Gasteiger partial charge in [0.15, 0.2) is 0 Å². The second kappa shape index (κ2) is 13.2. The number of fused-ring (bicyclic) bond motifs is 1. The molecule has 0 atom stereocenters. The molecular weight excluding hydrogens is 496 g/mol. The molecule has 198 valence electrons. The molecule has 0 aliphatic rings. The van der Waals surface area contributed by atoms with Crippen LogP contribution in [0.4, 0.5) is 0 Å². The molecule has 0 fully saturated rings. The number of carbonyl (C=O) groups excluding carboxylic acids is 2. The number of hydrogen-bond donors (Lipinski definition) is 1. The van der Waals surface area contributed by atoms with Crippen molar-refractivity contribution < 1.29 is 9.59 Å². The number of nitrogens with zero attached hydrogens (tertiary/aromatic N) is 3.